The van der Waals surface area contributed by atoms with E-state index in [1.807, 2.05) is 0 Å². The highest BCUT2D eigenvalue weighted by atomic mass is 14.4. The molecule has 448 valence electrons. The highest BCUT2D eigenvalue weighted by Crippen LogP contribution is 2.58. The van der Waals surface area contributed by atoms with E-state index >= 15 is 0 Å². The summed E-state index contributed by atoms with van der Waals surface area (Å²) in [7, 11) is 0. The van der Waals surface area contributed by atoms with E-state index in [0.29, 0.717) is 23.7 Å². The first-order valence-electron chi connectivity index (χ1n) is 33.9. The van der Waals surface area contributed by atoms with E-state index in [0.717, 1.165) is 0 Å². The Bertz CT molecular complexity index is 5500. The van der Waals surface area contributed by atoms with Crippen LogP contribution in [0.5, 0.6) is 0 Å². The normalized spacial score (nSPS) is 13.7. The van der Waals surface area contributed by atoms with Crippen LogP contribution in [0.15, 0.2) is 146 Å². The van der Waals surface area contributed by atoms with Gasteiger partial charge in [-0.15, -0.1) is 0 Å². The van der Waals surface area contributed by atoms with E-state index in [2.05, 4.69) is 284 Å². The van der Waals surface area contributed by atoms with Gasteiger partial charge in [-0.25, -0.2) is 0 Å². The molecule has 90 heavy (non-hydrogen) atoms. The second-order valence-electron chi connectivity index (χ2n) is 33.2. The van der Waals surface area contributed by atoms with Crippen molar-refractivity contribution >= 4 is 140 Å². The Morgan fingerprint density at radius 2 is 0.500 bits per heavy atom. The molecule has 16 rings (SSSR count). The molecule has 0 heterocycles. The molecular formula is C90H88. The maximum Gasteiger partial charge on any atom is -0.000740 e. The van der Waals surface area contributed by atoms with Crippen LogP contribution in [-0.4, -0.2) is 0 Å². The summed E-state index contributed by atoms with van der Waals surface area (Å²) in [5, 5.41) is 35.6. The van der Waals surface area contributed by atoms with Crippen LogP contribution in [0.2, 0.25) is 0 Å². The smallest absolute Gasteiger partial charge is 0.000740 e. The van der Waals surface area contributed by atoms with E-state index < -0.39 is 0 Å². The van der Waals surface area contributed by atoms with E-state index in [9.17, 15) is 0 Å². The molecule has 0 aromatic heterocycles. The van der Waals surface area contributed by atoms with Crippen molar-refractivity contribution in [3.63, 3.8) is 0 Å². The molecule has 0 aliphatic heterocycles. The van der Waals surface area contributed by atoms with Gasteiger partial charge in [-0.2, -0.15) is 0 Å². The molecule has 0 saturated heterocycles. The SMILES string of the molecule is CC(C)c1cc2ccc(C(C)C)c3c4ccc5c6cc7c(-c8cc(C(C)(C)C)cc(C(C)(C)C)c8)c8c9ccc%10c%11cc(C(C)C)cc%12ccc(C(C)C)c(c%13ccc(c8c(-c8cc(C(C)(C)C)cc(C(C)(C)C)c8)c7cc6c6ccc(c(c1)c23)c4c56)c9c%10%13)c%12%11. The summed E-state index contributed by atoms with van der Waals surface area (Å²) in [6.45, 7) is 47.8. The lowest BCUT2D eigenvalue weighted by atomic mass is 9.76. The predicted octanol–water partition coefficient (Wildman–Crippen LogP) is 27.4. The Morgan fingerprint density at radius 3 is 0.811 bits per heavy atom. The van der Waals surface area contributed by atoms with Crippen LogP contribution in [0, 0.1) is 0 Å². The lowest BCUT2D eigenvalue weighted by Crippen LogP contribution is -2.16. The summed E-state index contributed by atoms with van der Waals surface area (Å²) in [5.74, 6) is 1.53. The Labute approximate surface area is 533 Å². The summed E-state index contributed by atoms with van der Waals surface area (Å²) in [4.78, 5) is 0. The molecule has 0 saturated carbocycles. The summed E-state index contributed by atoms with van der Waals surface area (Å²) in [6, 6.07) is 60.8. The molecule has 0 amide bonds. The van der Waals surface area contributed by atoms with Gasteiger partial charge in [0.1, 0.15) is 0 Å². The van der Waals surface area contributed by atoms with Gasteiger partial charge in [-0.05, 0) is 264 Å². The third kappa shape index (κ3) is 7.97. The molecule has 0 fully saturated rings. The van der Waals surface area contributed by atoms with Gasteiger partial charge in [-0.1, -0.05) is 272 Å². The second kappa shape index (κ2) is 18.8. The van der Waals surface area contributed by atoms with Gasteiger partial charge in [0.25, 0.3) is 0 Å². The number of hydrogen-bond donors (Lipinski definition) is 0. The first kappa shape index (κ1) is 57.1. The van der Waals surface area contributed by atoms with Gasteiger partial charge in [0.15, 0.2) is 0 Å². The van der Waals surface area contributed by atoms with Crippen LogP contribution in [0.4, 0.5) is 0 Å². The standard InChI is InChI=1S/C90H88/c1-45(2)51-33-49-21-23-59(47(5)6)79-65-29-27-62-70-44-74-73(43-69(70)61-25-26-63(82(65)81(61)62)71(39-51)75(49)79)78(54-37-57(89(15,16)17)42-58(38-54)90(18,19)20)86-68-32-31-66-80-60(48(7)8)24-22-50-34-52(46(3)4)40-72(76(50)80)64-28-30-67(84(68)83(64)66)85(86)77(74)53-35-55(87(9,10)11)41-56(36-53)88(12,13)14/h21-48H,1-20H3. The summed E-state index contributed by atoms with van der Waals surface area (Å²) < 4.78 is 0. The molecule has 16 aromatic carbocycles. The number of hydrogen-bond acceptors (Lipinski definition) is 0. The Morgan fingerprint density at radius 1 is 0.211 bits per heavy atom. The van der Waals surface area contributed by atoms with Crippen LogP contribution in [0.1, 0.15) is 207 Å². The van der Waals surface area contributed by atoms with Gasteiger partial charge in [0.2, 0.25) is 0 Å². The third-order valence-corrected chi connectivity index (χ3v) is 21.8. The molecule has 0 bridgehead atoms. The van der Waals surface area contributed by atoms with Crippen LogP contribution >= 0.6 is 0 Å². The highest BCUT2D eigenvalue weighted by molar-refractivity contribution is 6.48. The average Bonchev–Trinajstić information content (AvgIpc) is 1.44. The molecule has 0 radical (unpaired) electrons. The van der Waals surface area contributed by atoms with Crippen molar-refractivity contribution in [2.24, 2.45) is 0 Å². The zero-order valence-corrected chi connectivity index (χ0v) is 57.2. The molecule has 16 aromatic rings. The zero-order valence-electron chi connectivity index (χ0n) is 57.2. The lowest BCUT2D eigenvalue weighted by Gasteiger charge is -2.28. The maximum absolute atomic E-state index is 2.69. The molecule has 0 atom stereocenters. The Balaban J connectivity index is 1.18. The van der Waals surface area contributed by atoms with Gasteiger partial charge >= 0.3 is 0 Å². The van der Waals surface area contributed by atoms with Crippen LogP contribution in [0.3, 0.4) is 0 Å². The lowest BCUT2D eigenvalue weighted by molar-refractivity contribution is 0.568. The van der Waals surface area contributed by atoms with Gasteiger partial charge < -0.3 is 0 Å². The van der Waals surface area contributed by atoms with Crippen LogP contribution in [0.25, 0.3) is 162 Å². The minimum atomic E-state index is -0.0971. The van der Waals surface area contributed by atoms with Crippen LogP contribution in [-0.2, 0) is 21.7 Å². The predicted molar refractivity (Wildman–Crippen MR) is 401 cm³/mol. The largest absolute Gasteiger partial charge is 0.0587 e. The fourth-order valence-corrected chi connectivity index (χ4v) is 16.8. The second-order valence-corrected chi connectivity index (χ2v) is 33.2. The molecule has 0 heteroatoms. The molecule has 0 aliphatic rings. The van der Waals surface area contributed by atoms with Crippen molar-refractivity contribution in [3.8, 4) is 22.3 Å². The van der Waals surface area contributed by atoms with Crippen molar-refractivity contribution in [1.29, 1.82) is 0 Å². The molecule has 0 unspecified atom stereocenters. The zero-order chi connectivity index (χ0) is 63.2. The van der Waals surface area contributed by atoms with E-state index in [-0.39, 0.29) is 21.7 Å². The summed E-state index contributed by atoms with van der Waals surface area (Å²) in [6.07, 6.45) is 0. The number of rotatable bonds is 6. The number of benzene rings is 14. The van der Waals surface area contributed by atoms with E-state index in [1.165, 1.54) is 207 Å². The molecular weight excluding hydrogens is 1080 g/mol. The van der Waals surface area contributed by atoms with Gasteiger partial charge in [0.05, 0.1) is 0 Å². The molecule has 0 spiro atoms. The maximum atomic E-state index is 2.69. The molecule has 0 aliphatic carbocycles. The monoisotopic (exact) mass is 1170 g/mol. The Kier molecular flexibility index (Phi) is 11.9. The van der Waals surface area contributed by atoms with Crippen molar-refractivity contribution in [3.05, 3.63) is 190 Å². The average molecular weight is 1170 g/mol. The van der Waals surface area contributed by atoms with Crippen molar-refractivity contribution < 1.29 is 0 Å². The van der Waals surface area contributed by atoms with Crippen LogP contribution < -0.4 is 0 Å². The minimum Gasteiger partial charge on any atom is -0.0587 e. The van der Waals surface area contributed by atoms with Crippen molar-refractivity contribution in [1.82, 2.24) is 0 Å². The molecule has 0 N–H and O–H groups in total. The van der Waals surface area contributed by atoms with E-state index in [4.69, 9.17) is 0 Å². The quantitative estimate of drug-likeness (QED) is 0.115. The Hall–Kier alpha value is -8.06. The topological polar surface area (TPSA) is 0 Å². The van der Waals surface area contributed by atoms with E-state index in [1.54, 1.807) is 0 Å². The number of fused-ring (bicyclic) bond motifs is 11. The minimum absolute atomic E-state index is 0.0971. The van der Waals surface area contributed by atoms with Crippen molar-refractivity contribution in [2.75, 3.05) is 0 Å². The van der Waals surface area contributed by atoms with Gasteiger partial charge in [0, 0.05) is 0 Å². The third-order valence-electron chi connectivity index (χ3n) is 21.8. The van der Waals surface area contributed by atoms with Gasteiger partial charge in [-0.3, -0.25) is 0 Å². The van der Waals surface area contributed by atoms with Crippen molar-refractivity contribution in [2.45, 2.75) is 184 Å². The fourth-order valence-electron chi connectivity index (χ4n) is 16.8. The molecule has 0 nitrogen and oxygen atoms in total. The highest BCUT2D eigenvalue weighted by Gasteiger charge is 2.32. The first-order chi connectivity index (χ1) is 42.5. The first-order valence-corrected chi connectivity index (χ1v) is 33.9. The fraction of sp³-hybridized carbons (Fsp3) is 0.311. The summed E-state index contributed by atoms with van der Waals surface area (Å²) >= 11 is 0. The summed E-state index contributed by atoms with van der Waals surface area (Å²) in [5.41, 5.74) is 16.0.